The van der Waals surface area contributed by atoms with E-state index in [2.05, 4.69) is 26.3 Å². The molecule has 1 atom stereocenters. The first-order chi connectivity index (χ1) is 18.4. The smallest absolute Gasteiger partial charge is 0.255 e. The minimum Gasteiger partial charge on any atom is -0.504 e. The summed E-state index contributed by atoms with van der Waals surface area (Å²) < 4.78 is 5.42. The van der Waals surface area contributed by atoms with Crippen molar-refractivity contribution in [1.29, 1.82) is 0 Å². The Hall–Kier alpha value is -4.03. The molecule has 1 heterocycles. The molecule has 1 unspecified atom stereocenters. The molecule has 3 rings (SSSR count). The number of aromatic hydroxyl groups is 4. The minimum absolute atomic E-state index is 0.0475. The number of hydrogen-bond donors (Lipinski definition) is 8. The second-order valence-electron chi connectivity index (χ2n) is 8.72. The van der Waals surface area contributed by atoms with Crippen LogP contribution in [-0.2, 0) is 9.53 Å². The molecule has 2 aromatic rings. The Labute approximate surface area is 220 Å². The molecule has 0 aliphatic carbocycles. The molecule has 206 valence electrons. The molecule has 0 spiro atoms. The maximum Gasteiger partial charge on any atom is 0.255 e. The summed E-state index contributed by atoms with van der Waals surface area (Å²) in [6.07, 6.45) is 2.67. The van der Waals surface area contributed by atoms with Gasteiger partial charge in [0.25, 0.3) is 5.91 Å². The van der Waals surface area contributed by atoms with Crippen molar-refractivity contribution in [2.45, 2.75) is 25.3 Å². The van der Waals surface area contributed by atoms with Gasteiger partial charge in [0, 0.05) is 19.6 Å². The van der Waals surface area contributed by atoms with Crippen LogP contribution in [0.4, 0.5) is 0 Å². The van der Waals surface area contributed by atoms with Crippen LogP contribution in [0, 0.1) is 0 Å². The first-order valence-electron chi connectivity index (χ1n) is 12.6. The molecule has 8 N–H and O–H groups in total. The van der Waals surface area contributed by atoms with Crippen LogP contribution >= 0.6 is 0 Å². The van der Waals surface area contributed by atoms with Crippen LogP contribution in [0.1, 0.15) is 35.2 Å². The number of carbonyl (C=O) groups excluding carboxylic acids is 2. The second-order valence-corrected chi connectivity index (χ2v) is 8.72. The van der Waals surface area contributed by atoms with Gasteiger partial charge in [-0.3, -0.25) is 9.59 Å². The third-order valence-corrected chi connectivity index (χ3v) is 5.83. The lowest BCUT2D eigenvalue weighted by Gasteiger charge is -2.09. The van der Waals surface area contributed by atoms with E-state index in [-0.39, 0.29) is 46.8 Å². The standard InChI is InChI=1S/C26H35N5O7/c32-20-8-3-6-17(22(20)34)24(36)29-13-5-12-27-10-1-2-11-28-14-15-30-25(37)19-16-38-26(31-19)18-7-4-9-21(33)23(18)35/h3-4,6-9,19,27-28,32-35H,1-2,5,10-16H2,(H,29,36)(H,30,37). The largest absolute Gasteiger partial charge is 0.504 e. The summed E-state index contributed by atoms with van der Waals surface area (Å²) in [5.41, 5.74) is 0.292. The quantitative estimate of drug-likeness (QED) is 0.121. The van der Waals surface area contributed by atoms with Gasteiger partial charge < -0.3 is 46.4 Å². The van der Waals surface area contributed by atoms with E-state index < -0.39 is 17.7 Å². The molecule has 12 nitrogen and oxygen atoms in total. The van der Waals surface area contributed by atoms with Crippen LogP contribution in [0.15, 0.2) is 41.4 Å². The zero-order valence-corrected chi connectivity index (χ0v) is 21.1. The molecule has 2 amide bonds. The predicted molar refractivity (Wildman–Crippen MR) is 141 cm³/mol. The summed E-state index contributed by atoms with van der Waals surface area (Å²) in [4.78, 5) is 28.5. The summed E-state index contributed by atoms with van der Waals surface area (Å²) in [5.74, 6) is -1.91. The highest BCUT2D eigenvalue weighted by atomic mass is 16.5. The number of para-hydroxylation sites is 2. The third-order valence-electron chi connectivity index (χ3n) is 5.83. The Morgan fingerprint density at radius 3 is 2.21 bits per heavy atom. The zero-order chi connectivity index (χ0) is 27.3. The predicted octanol–water partition coefficient (Wildman–Crippen LogP) is 0.550. The van der Waals surface area contributed by atoms with Crippen molar-refractivity contribution in [3.8, 4) is 23.0 Å². The Morgan fingerprint density at radius 1 is 0.789 bits per heavy atom. The molecule has 0 saturated heterocycles. The highest BCUT2D eigenvalue weighted by molar-refractivity contribution is 6.01. The van der Waals surface area contributed by atoms with Crippen molar-refractivity contribution in [1.82, 2.24) is 21.3 Å². The monoisotopic (exact) mass is 529 g/mol. The Kier molecular flexibility index (Phi) is 11.0. The van der Waals surface area contributed by atoms with Crippen molar-refractivity contribution in [2.75, 3.05) is 45.9 Å². The van der Waals surface area contributed by atoms with Gasteiger partial charge in [-0.25, -0.2) is 4.99 Å². The van der Waals surface area contributed by atoms with E-state index >= 15 is 0 Å². The lowest BCUT2D eigenvalue weighted by Crippen LogP contribution is -2.38. The number of aliphatic imine (C=N–C) groups is 1. The number of carbonyl (C=O) groups is 2. The lowest BCUT2D eigenvalue weighted by atomic mass is 10.1. The molecule has 38 heavy (non-hydrogen) atoms. The number of nitrogens with zero attached hydrogens (tertiary/aromatic N) is 1. The van der Waals surface area contributed by atoms with E-state index in [1.54, 1.807) is 12.1 Å². The topological polar surface area (TPSA) is 185 Å². The number of phenols is 4. The van der Waals surface area contributed by atoms with E-state index in [0.29, 0.717) is 19.6 Å². The molecular weight excluding hydrogens is 494 g/mol. The van der Waals surface area contributed by atoms with Crippen LogP contribution < -0.4 is 21.3 Å². The normalized spacial score (nSPS) is 14.5. The number of phenolic OH excluding ortho intramolecular Hbond substituents is 4. The van der Waals surface area contributed by atoms with E-state index in [9.17, 15) is 30.0 Å². The maximum absolute atomic E-state index is 12.3. The molecule has 1 aliphatic heterocycles. The molecule has 2 aromatic carbocycles. The van der Waals surface area contributed by atoms with Crippen molar-refractivity contribution >= 4 is 17.7 Å². The van der Waals surface area contributed by atoms with E-state index in [4.69, 9.17) is 4.74 Å². The lowest BCUT2D eigenvalue weighted by molar-refractivity contribution is -0.122. The number of hydrogen-bond acceptors (Lipinski definition) is 10. The van der Waals surface area contributed by atoms with Gasteiger partial charge in [-0.2, -0.15) is 0 Å². The third kappa shape index (κ3) is 8.25. The molecule has 0 saturated carbocycles. The number of amides is 2. The Bertz CT molecular complexity index is 1130. The van der Waals surface area contributed by atoms with Crippen molar-refractivity contribution in [3.05, 3.63) is 47.5 Å². The molecule has 0 aromatic heterocycles. The van der Waals surface area contributed by atoms with Gasteiger partial charge in [0.1, 0.15) is 6.61 Å². The number of unbranched alkanes of at least 4 members (excludes halogenated alkanes) is 1. The molecular formula is C26H35N5O7. The van der Waals surface area contributed by atoms with Crippen molar-refractivity contribution in [2.24, 2.45) is 4.99 Å². The van der Waals surface area contributed by atoms with Crippen LogP contribution in [-0.4, -0.2) is 90.1 Å². The van der Waals surface area contributed by atoms with Crippen LogP contribution in [0.3, 0.4) is 0 Å². The van der Waals surface area contributed by atoms with E-state index in [1.807, 2.05) is 0 Å². The fourth-order valence-corrected chi connectivity index (χ4v) is 3.73. The number of ether oxygens (including phenoxy) is 1. The fourth-order valence-electron chi connectivity index (χ4n) is 3.73. The average Bonchev–Trinajstić information content (AvgIpc) is 3.40. The van der Waals surface area contributed by atoms with Gasteiger partial charge in [0.2, 0.25) is 11.8 Å². The SMILES string of the molecule is O=C(NCCCNCCCCNCCNC(=O)C1COC(c2cccc(O)c2O)=N1)c1cccc(O)c1O. The zero-order valence-electron chi connectivity index (χ0n) is 21.1. The van der Waals surface area contributed by atoms with Gasteiger partial charge in [0.15, 0.2) is 29.0 Å². The van der Waals surface area contributed by atoms with Crippen molar-refractivity contribution < 1.29 is 34.8 Å². The van der Waals surface area contributed by atoms with Gasteiger partial charge in [0.05, 0.1) is 11.1 Å². The maximum atomic E-state index is 12.3. The summed E-state index contributed by atoms with van der Waals surface area (Å²) >= 11 is 0. The molecule has 0 bridgehead atoms. The van der Waals surface area contributed by atoms with E-state index in [0.717, 1.165) is 38.9 Å². The van der Waals surface area contributed by atoms with Gasteiger partial charge in [-0.15, -0.1) is 0 Å². The fraction of sp³-hybridized carbons (Fsp3) is 0.423. The van der Waals surface area contributed by atoms with Crippen LogP contribution in [0.5, 0.6) is 23.0 Å². The Morgan fingerprint density at radius 2 is 1.45 bits per heavy atom. The molecule has 0 radical (unpaired) electrons. The number of benzene rings is 2. The summed E-state index contributed by atoms with van der Waals surface area (Å²) in [7, 11) is 0. The minimum atomic E-state index is -0.704. The van der Waals surface area contributed by atoms with Gasteiger partial charge >= 0.3 is 0 Å². The summed E-state index contributed by atoms with van der Waals surface area (Å²) in [5, 5.41) is 50.8. The first-order valence-corrected chi connectivity index (χ1v) is 12.6. The molecule has 12 heteroatoms. The first kappa shape index (κ1) is 28.5. The number of rotatable bonds is 15. The second kappa shape index (κ2) is 14.6. The highest BCUT2D eigenvalue weighted by Gasteiger charge is 2.28. The number of nitrogens with one attached hydrogen (secondary N) is 4. The van der Waals surface area contributed by atoms with Crippen LogP contribution in [0.2, 0.25) is 0 Å². The molecule has 0 fully saturated rings. The Balaban J connectivity index is 1.16. The summed E-state index contributed by atoms with van der Waals surface area (Å²) in [6, 6.07) is 8.03. The van der Waals surface area contributed by atoms with Crippen LogP contribution in [0.25, 0.3) is 0 Å². The summed E-state index contributed by atoms with van der Waals surface area (Å²) in [6.45, 7) is 3.98. The highest BCUT2D eigenvalue weighted by Crippen LogP contribution is 2.30. The molecule has 1 aliphatic rings. The average molecular weight is 530 g/mol. The van der Waals surface area contributed by atoms with E-state index in [1.165, 1.54) is 24.3 Å². The van der Waals surface area contributed by atoms with Crippen molar-refractivity contribution in [3.63, 3.8) is 0 Å². The van der Waals surface area contributed by atoms with Gasteiger partial charge in [-0.05, 0) is 63.2 Å². The van der Waals surface area contributed by atoms with Gasteiger partial charge in [-0.1, -0.05) is 12.1 Å².